The summed E-state index contributed by atoms with van der Waals surface area (Å²) in [4.78, 5) is 4.10. The zero-order valence-electron chi connectivity index (χ0n) is 11.4. The van der Waals surface area contributed by atoms with Gasteiger partial charge in [0, 0.05) is 19.2 Å². The quantitative estimate of drug-likeness (QED) is 0.490. The van der Waals surface area contributed by atoms with Crippen LogP contribution in [0.1, 0.15) is 29.9 Å². The normalized spacial score (nSPS) is 12.7. The van der Waals surface area contributed by atoms with Crippen molar-refractivity contribution in [3.05, 3.63) is 44.9 Å². The topological polar surface area (TPSA) is 68.8 Å². The number of nitrogens with one attached hydrogen (secondary N) is 1. The second-order valence-corrected chi connectivity index (χ2v) is 5.68. The maximum atomic E-state index is 5.81. The van der Waals surface area contributed by atoms with Crippen LogP contribution in [-0.4, -0.2) is 14.8 Å². The fourth-order valence-corrected chi connectivity index (χ4v) is 2.68. The molecule has 7 heteroatoms. The van der Waals surface area contributed by atoms with E-state index >= 15 is 0 Å². The van der Waals surface area contributed by atoms with Gasteiger partial charge in [-0.1, -0.05) is 17.7 Å². The van der Waals surface area contributed by atoms with Gasteiger partial charge in [0.1, 0.15) is 5.15 Å². The van der Waals surface area contributed by atoms with Crippen molar-refractivity contribution < 1.29 is 0 Å². The molecule has 0 aliphatic heterocycles. The summed E-state index contributed by atoms with van der Waals surface area (Å²) in [6.07, 6.45) is 2.45. The Bertz CT molecular complexity index is 581. The van der Waals surface area contributed by atoms with Crippen LogP contribution in [0.25, 0.3) is 0 Å². The van der Waals surface area contributed by atoms with Crippen LogP contribution in [0.4, 0.5) is 0 Å². The molecule has 0 aliphatic carbocycles. The number of rotatable bonds is 5. The van der Waals surface area contributed by atoms with Gasteiger partial charge in [0.2, 0.25) is 0 Å². The minimum absolute atomic E-state index is 0.0440. The lowest BCUT2D eigenvalue weighted by Gasteiger charge is -2.17. The van der Waals surface area contributed by atoms with Crippen molar-refractivity contribution in [2.24, 2.45) is 5.84 Å². The van der Waals surface area contributed by atoms with E-state index in [9.17, 15) is 0 Å². The summed E-state index contributed by atoms with van der Waals surface area (Å²) in [7, 11) is 0. The highest BCUT2D eigenvalue weighted by molar-refractivity contribution is 9.10. The molecule has 0 spiro atoms. The third-order valence-electron chi connectivity index (χ3n) is 3.20. The predicted molar refractivity (Wildman–Crippen MR) is 83.4 cm³/mol. The summed E-state index contributed by atoms with van der Waals surface area (Å²) in [5.74, 6) is 5.68. The van der Waals surface area contributed by atoms with Gasteiger partial charge in [0.05, 0.1) is 21.9 Å². The number of aryl methyl sites for hydroxylation is 2. The van der Waals surface area contributed by atoms with Gasteiger partial charge < -0.3 is 0 Å². The first-order valence-corrected chi connectivity index (χ1v) is 7.53. The van der Waals surface area contributed by atoms with Crippen molar-refractivity contribution in [1.29, 1.82) is 0 Å². The molecular formula is C13H17BrClN5. The minimum atomic E-state index is -0.0440. The van der Waals surface area contributed by atoms with Gasteiger partial charge in [0.25, 0.3) is 0 Å². The molecule has 0 saturated heterocycles. The lowest BCUT2D eigenvalue weighted by Crippen LogP contribution is -2.30. The van der Waals surface area contributed by atoms with Crippen molar-refractivity contribution in [1.82, 2.24) is 20.2 Å². The zero-order chi connectivity index (χ0) is 14.7. The molecule has 2 rings (SSSR count). The van der Waals surface area contributed by atoms with Crippen molar-refractivity contribution >= 4 is 27.5 Å². The van der Waals surface area contributed by atoms with E-state index in [1.54, 1.807) is 12.3 Å². The molecule has 0 aliphatic rings. The highest BCUT2D eigenvalue weighted by Crippen LogP contribution is 2.26. The van der Waals surface area contributed by atoms with E-state index in [4.69, 9.17) is 17.4 Å². The molecule has 0 aromatic carbocycles. The van der Waals surface area contributed by atoms with Crippen LogP contribution < -0.4 is 11.3 Å². The van der Waals surface area contributed by atoms with Crippen molar-refractivity contribution in [2.75, 3.05) is 0 Å². The second-order valence-electron chi connectivity index (χ2n) is 4.50. The molecule has 0 fully saturated rings. The number of hydrazine groups is 1. The van der Waals surface area contributed by atoms with Crippen LogP contribution in [0.3, 0.4) is 0 Å². The standard InChI is InChI=1S/C13H17BrClN5/c1-3-20-11(13(14)8(2)19-20)6-10(18-16)9-4-5-12(15)17-7-9/h4-5,7,10,18H,3,6,16H2,1-2H3. The Morgan fingerprint density at radius 1 is 1.50 bits per heavy atom. The van der Waals surface area contributed by atoms with Crippen molar-refractivity contribution in [3.8, 4) is 0 Å². The summed E-state index contributed by atoms with van der Waals surface area (Å²) in [6.45, 7) is 4.86. The molecule has 1 atom stereocenters. The van der Waals surface area contributed by atoms with Crippen LogP contribution in [0.15, 0.2) is 22.8 Å². The number of nitrogens with zero attached hydrogens (tertiary/aromatic N) is 3. The van der Waals surface area contributed by atoms with Gasteiger partial charge in [0.15, 0.2) is 0 Å². The van der Waals surface area contributed by atoms with Gasteiger partial charge >= 0.3 is 0 Å². The monoisotopic (exact) mass is 357 g/mol. The van der Waals surface area contributed by atoms with Gasteiger partial charge in [-0.25, -0.2) is 4.98 Å². The van der Waals surface area contributed by atoms with E-state index in [0.29, 0.717) is 5.15 Å². The average molecular weight is 359 g/mol. The summed E-state index contributed by atoms with van der Waals surface area (Å²) in [5, 5.41) is 4.96. The Morgan fingerprint density at radius 3 is 2.80 bits per heavy atom. The fraction of sp³-hybridized carbons (Fsp3) is 0.385. The van der Waals surface area contributed by atoms with E-state index in [0.717, 1.165) is 34.4 Å². The highest BCUT2D eigenvalue weighted by Gasteiger charge is 2.18. The molecule has 2 heterocycles. The van der Waals surface area contributed by atoms with E-state index in [2.05, 4.69) is 38.4 Å². The summed E-state index contributed by atoms with van der Waals surface area (Å²) < 4.78 is 3.01. The number of halogens is 2. The number of pyridine rings is 1. The Morgan fingerprint density at radius 2 is 2.25 bits per heavy atom. The lowest BCUT2D eigenvalue weighted by molar-refractivity contribution is 0.515. The Labute approximate surface area is 131 Å². The predicted octanol–water partition coefficient (Wildman–Crippen LogP) is 2.77. The van der Waals surface area contributed by atoms with E-state index in [1.807, 2.05) is 17.7 Å². The van der Waals surface area contributed by atoms with Crippen LogP contribution in [0, 0.1) is 6.92 Å². The third-order valence-corrected chi connectivity index (χ3v) is 4.46. The number of nitrogens with two attached hydrogens (primary N) is 1. The molecule has 0 radical (unpaired) electrons. The largest absolute Gasteiger partial charge is 0.271 e. The number of hydrogen-bond donors (Lipinski definition) is 2. The summed E-state index contributed by atoms with van der Waals surface area (Å²) in [5.41, 5.74) is 5.91. The third kappa shape index (κ3) is 3.20. The molecule has 5 nitrogen and oxygen atoms in total. The molecule has 0 bridgehead atoms. The smallest absolute Gasteiger partial charge is 0.129 e. The molecule has 0 amide bonds. The SMILES string of the molecule is CCn1nc(C)c(Br)c1CC(NN)c1ccc(Cl)nc1. The molecule has 3 N–H and O–H groups in total. The Hall–Kier alpha value is -0.950. The average Bonchev–Trinajstić information content (AvgIpc) is 2.73. The van der Waals surface area contributed by atoms with Crippen LogP contribution in [0.2, 0.25) is 5.15 Å². The van der Waals surface area contributed by atoms with E-state index in [-0.39, 0.29) is 6.04 Å². The fourth-order valence-electron chi connectivity index (χ4n) is 2.12. The Kier molecular flexibility index (Phi) is 5.15. The number of hydrogen-bond acceptors (Lipinski definition) is 4. The highest BCUT2D eigenvalue weighted by atomic mass is 79.9. The van der Waals surface area contributed by atoms with Gasteiger partial charge in [-0.2, -0.15) is 5.10 Å². The first-order valence-electron chi connectivity index (χ1n) is 6.36. The molecule has 108 valence electrons. The number of aromatic nitrogens is 3. The van der Waals surface area contributed by atoms with Gasteiger partial charge in [-0.05, 0) is 41.4 Å². The van der Waals surface area contributed by atoms with Gasteiger partial charge in [-0.3, -0.25) is 16.0 Å². The molecule has 0 saturated carbocycles. The molecular weight excluding hydrogens is 342 g/mol. The first-order chi connectivity index (χ1) is 9.56. The van der Waals surface area contributed by atoms with Crippen molar-refractivity contribution in [2.45, 2.75) is 32.9 Å². The first kappa shape index (κ1) is 15.4. The summed E-state index contributed by atoms with van der Waals surface area (Å²) in [6, 6.07) is 3.64. The molecule has 2 aromatic rings. The van der Waals surface area contributed by atoms with Gasteiger partial charge in [-0.15, -0.1) is 0 Å². The van der Waals surface area contributed by atoms with Crippen molar-refractivity contribution in [3.63, 3.8) is 0 Å². The lowest BCUT2D eigenvalue weighted by atomic mass is 10.0. The van der Waals surface area contributed by atoms with Crippen LogP contribution in [0.5, 0.6) is 0 Å². The van der Waals surface area contributed by atoms with E-state index < -0.39 is 0 Å². The van der Waals surface area contributed by atoms with Crippen LogP contribution in [-0.2, 0) is 13.0 Å². The second kappa shape index (κ2) is 6.67. The minimum Gasteiger partial charge on any atom is -0.271 e. The maximum Gasteiger partial charge on any atom is 0.129 e. The van der Waals surface area contributed by atoms with E-state index in [1.165, 1.54) is 0 Å². The summed E-state index contributed by atoms with van der Waals surface area (Å²) >= 11 is 9.41. The Balaban J connectivity index is 2.28. The molecule has 1 unspecified atom stereocenters. The zero-order valence-corrected chi connectivity index (χ0v) is 13.7. The molecule has 2 aromatic heterocycles. The maximum absolute atomic E-state index is 5.81. The van der Waals surface area contributed by atoms with Crippen LogP contribution >= 0.6 is 27.5 Å². The molecule has 20 heavy (non-hydrogen) atoms.